The first kappa shape index (κ1) is 18.6. The Kier molecular flexibility index (Phi) is 5.74. The molecule has 0 aliphatic heterocycles. The van der Waals surface area contributed by atoms with E-state index < -0.39 is 15.8 Å². The summed E-state index contributed by atoms with van der Waals surface area (Å²) < 4.78 is 25.9. The monoisotopic (exact) mass is 387 g/mol. The molecule has 0 heterocycles. The molecule has 0 radical (unpaired) electrons. The number of aliphatic carboxylic acids is 1. The summed E-state index contributed by atoms with van der Waals surface area (Å²) in [5, 5.41) is 12.0. The Balaban J connectivity index is 2.47. The first-order chi connectivity index (χ1) is 11.2. The van der Waals surface area contributed by atoms with E-state index in [0.717, 1.165) is 0 Å². The van der Waals surface area contributed by atoms with Crippen LogP contribution in [0.3, 0.4) is 0 Å². The van der Waals surface area contributed by atoms with Gasteiger partial charge in [-0.05, 0) is 36.8 Å². The zero-order chi connectivity index (χ0) is 17.9. The molecule has 2 aromatic carbocycles. The summed E-state index contributed by atoms with van der Waals surface area (Å²) in [5.41, 5.74) is 0.804. The summed E-state index contributed by atoms with van der Waals surface area (Å²) in [7, 11) is -3.89. The van der Waals surface area contributed by atoms with Gasteiger partial charge in [-0.3, -0.25) is 4.79 Å². The van der Waals surface area contributed by atoms with Gasteiger partial charge in [-0.25, -0.2) is 8.42 Å². The molecule has 0 unspecified atom stereocenters. The highest BCUT2D eigenvalue weighted by molar-refractivity contribution is 7.91. The third kappa shape index (κ3) is 3.83. The maximum absolute atomic E-state index is 13.0. The number of benzene rings is 2. The summed E-state index contributed by atoms with van der Waals surface area (Å²) in [4.78, 5) is 10.6. The van der Waals surface area contributed by atoms with E-state index in [2.05, 4.69) is 5.32 Å². The molecule has 2 aromatic rings. The van der Waals surface area contributed by atoms with Crippen molar-refractivity contribution in [1.29, 1.82) is 0 Å². The van der Waals surface area contributed by atoms with Crippen LogP contribution in [-0.4, -0.2) is 26.0 Å². The van der Waals surface area contributed by atoms with Crippen LogP contribution in [0.1, 0.15) is 12.0 Å². The number of rotatable bonds is 6. The van der Waals surface area contributed by atoms with Gasteiger partial charge in [0.2, 0.25) is 9.84 Å². The lowest BCUT2D eigenvalue weighted by Gasteiger charge is -2.14. The number of para-hydroxylation sites is 1. The van der Waals surface area contributed by atoms with Crippen LogP contribution >= 0.6 is 23.2 Å². The number of halogens is 2. The normalized spacial score (nSPS) is 11.3. The quantitative estimate of drug-likeness (QED) is 0.781. The Hall–Kier alpha value is -1.76. The molecule has 128 valence electrons. The number of carboxylic acid groups (broad SMARTS) is 1. The summed E-state index contributed by atoms with van der Waals surface area (Å²) in [6, 6.07) is 9.12. The van der Waals surface area contributed by atoms with E-state index in [-0.39, 0.29) is 27.8 Å². The Labute approximate surface area is 150 Å². The van der Waals surface area contributed by atoms with Gasteiger partial charge in [0.25, 0.3) is 0 Å². The Morgan fingerprint density at radius 2 is 1.79 bits per heavy atom. The third-order valence-electron chi connectivity index (χ3n) is 3.41. The molecule has 2 N–H and O–H groups in total. The molecule has 2 rings (SSSR count). The average Bonchev–Trinajstić information content (AvgIpc) is 2.52. The first-order valence-corrected chi connectivity index (χ1v) is 9.23. The fraction of sp³-hybridized carbons (Fsp3) is 0.188. The topological polar surface area (TPSA) is 83.5 Å². The van der Waals surface area contributed by atoms with E-state index in [1.165, 1.54) is 18.2 Å². The molecular weight excluding hydrogens is 373 g/mol. The maximum atomic E-state index is 13.0. The number of sulfone groups is 1. The molecule has 8 heteroatoms. The standard InChI is InChI=1S/C16H15Cl2NO4S/c1-10-11(17)6-7-14(16(10)18)24(22,23)13-5-3-2-4-12(13)19-9-8-15(20)21/h2-7,19H,8-9H2,1H3,(H,20,21). The number of carboxylic acids is 1. The average molecular weight is 388 g/mol. The van der Waals surface area contributed by atoms with E-state index in [9.17, 15) is 13.2 Å². The second kappa shape index (κ2) is 7.42. The van der Waals surface area contributed by atoms with Gasteiger partial charge in [0.15, 0.2) is 0 Å². The minimum absolute atomic E-state index is 0.0269. The summed E-state index contributed by atoms with van der Waals surface area (Å²) in [6.07, 6.45) is -0.130. The second-order valence-corrected chi connectivity index (χ2v) is 7.73. The predicted molar refractivity (Wildman–Crippen MR) is 93.8 cm³/mol. The van der Waals surface area contributed by atoms with E-state index in [4.69, 9.17) is 28.3 Å². The van der Waals surface area contributed by atoms with Gasteiger partial charge in [-0.15, -0.1) is 0 Å². The van der Waals surface area contributed by atoms with Crippen molar-refractivity contribution in [2.24, 2.45) is 0 Å². The van der Waals surface area contributed by atoms with Crippen LogP contribution in [0.4, 0.5) is 5.69 Å². The molecule has 0 aromatic heterocycles. The lowest BCUT2D eigenvalue weighted by Crippen LogP contribution is -2.12. The molecule has 0 saturated carbocycles. The van der Waals surface area contributed by atoms with Gasteiger partial charge >= 0.3 is 5.97 Å². The molecule has 0 spiro atoms. The first-order valence-electron chi connectivity index (χ1n) is 6.99. The van der Waals surface area contributed by atoms with Crippen molar-refractivity contribution in [1.82, 2.24) is 0 Å². The summed E-state index contributed by atoms with van der Waals surface area (Å²) in [5.74, 6) is -0.973. The molecule has 0 aliphatic rings. The largest absolute Gasteiger partial charge is 0.481 e. The highest BCUT2D eigenvalue weighted by Gasteiger charge is 2.25. The van der Waals surface area contributed by atoms with Crippen molar-refractivity contribution < 1.29 is 18.3 Å². The second-order valence-electron chi connectivity index (χ2n) is 5.05. The molecule has 24 heavy (non-hydrogen) atoms. The number of carbonyl (C=O) groups is 1. The van der Waals surface area contributed by atoms with Gasteiger partial charge in [-0.1, -0.05) is 35.3 Å². The van der Waals surface area contributed by atoms with E-state index in [1.807, 2.05) is 0 Å². The van der Waals surface area contributed by atoms with Crippen LogP contribution in [0, 0.1) is 6.92 Å². The third-order valence-corrected chi connectivity index (χ3v) is 6.27. The zero-order valence-electron chi connectivity index (χ0n) is 12.7. The smallest absolute Gasteiger partial charge is 0.305 e. The van der Waals surface area contributed by atoms with Gasteiger partial charge in [-0.2, -0.15) is 0 Å². The van der Waals surface area contributed by atoms with Crippen molar-refractivity contribution in [2.75, 3.05) is 11.9 Å². The number of anilines is 1. The Morgan fingerprint density at radius 1 is 1.12 bits per heavy atom. The van der Waals surface area contributed by atoms with Gasteiger partial charge < -0.3 is 10.4 Å². The minimum atomic E-state index is -3.89. The Morgan fingerprint density at radius 3 is 2.46 bits per heavy atom. The van der Waals surface area contributed by atoms with Crippen molar-refractivity contribution in [3.8, 4) is 0 Å². The summed E-state index contributed by atoms with van der Waals surface area (Å²) >= 11 is 12.1. The van der Waals surface area contributed by atoms with E-state index >= 15 is 0 Å². The molecule has 0 atom stereocenters. The maximum Gasteiger partial charge on any atom is 0.305 e. The van der Waals surface area contributed by atoms with Crippen molar-refractivity contribution in [3.05, 3.63) is 52.0 Å². The molecule has 0 fully saturated rings. The SMILES string of the molecule is Cc1c(Cl)ccc(S(=O)(=O)c2ccccc2NCCC(=O)O)c1Cl. The van der Waals surface area contributed by atoms with E-state index in [1.54, 1.807) is 25.1 Å². The Bertz CT molecular complexity index is 882. The molecule has 0 aliphatic carbocycles. The van der Waals surface area contributed by atoms with Crippen molar-refractivity contribution >= 4 is 44.7 Å². The highest BCUT2D eigenvalue weighted by atomic mass is 35.5. The highest BCUT2D eigenvalue weighted by Crippen LogP contribution is 2.35. The van der Waals surface area contributed by atoms with Crippen LogP contribution in [-0.2, 0) is 14.6 Å². The molecule has 0 bridgehead atoms. The fourth-order valence-corrected chi connectivity index (χ4v) is 4.35. The lowest BCUT2D eigenvalue weighted by atomic mass is 10.2. The van der Waals surface area contributed by atoms with Crippen molar-refractivity contribution in [2.45, 2.75) is 23.1 Å². The lowest BCUT2D eigenvalue weighted by molar-refractivity contribution is -0.136. The molecular formula is C16H15Cl2NO4S. The van der Waals surface area contributed by atoms with Gasteiger partial charge in [0.1, 0.15) is 0 Å². The predicted octanol–water partition coefficient (Wildman–Crippen LogP) is 4.02. The van der Waals surface area contributed by atoms with Crippen LogP contribution in [0.5, 0.6) is 0 Å². The number of nitrogens with one attached hydrogen (secondary N) is 1. The number of hydrogen-bond acceptors (Lipinski definition) is 4. The van der Waals surface area contributed by atoms with Gasteiger partial charge in [0.05, 0.1) is 26.9 Å². The van der Waals surface area contributed by atoms with Crippen LogP contribution in [0.15, 0.2) is 46.2 Å². The zero-order valence-corrected chi connectivity index (χ0v) is 15.0. The minimum Gasteiger partial charge on any atom is -0.481 e. The van der Waals surface area contributed by atoms with Crippen LogP contribution < -0.4 is 5.32 Å². The molecule has 0 amide bonds. The number of hydrogen-bond donors (Lipinski definition) is 2. The van der Waals surface area contributed by atoms with Crippen LogP contribution in [0.25, 0.3) is 0 Å². The van der Waals surface area contributed by atoms with Crippen molar-refractivity contribution in [3.63, 3.8) is 0 Å². The molecule has 5 nitrogen and oxygen atoms in total. The van der Waals surface area contributed by atoms with Gasteiger partial charge in [0, 0.05) is 11.6 Å². The molecule has 0 saturated heterocycles. The van der Waals surface area contributed by atoms with E-state index in [0.29, 0.717) is 16.3 Å². The summed E-state index contributed by atoms with van der Waals surface area (Å²) in [6.45, 7) is 1.75. The fourth-order valence-electron chi connectivity index (χ4n) is 2.11. The van der Waals surface area contributed by atoms with Crippen LogP contribution in [0.2, 0.25) is 10.0 Å².